The third-order valence-corrected chi connectivity index (χ3v) is 5.54. The molecule has 0 unspecified atom stereocenters. The first kappa shape index (κ1) is 16.4. The molecule has 0 aliphatic rings. The normalized spacial score (nSPS) is 11.8. The lowest BCUT2D eigenvalue weighted by Gasteiger charge is -2.15. The predicted molar refractivity (Wildman–Crippen MR) is 91.1 cm³/mol. The largest absolute Gasteiger partial charge is 0.360 e. The molecule has 2 aromatic rings. The lowest BCUT2D eigenvalue weighted by Crippen LogP contribution is -2.22. The standard InChI is InChI=1S/C15H22BrN3OSi/c1-21(2,3)10-9-20-12-19-8-6-14(18-19)11-13-5-4-7-17-15(13)16/h4-8H,9-12H2,1-3H3. The Balaban J connectivity index is 1.83. The molecule has 2 heterocycles. The van der Waals surface area contributed by atoms with Crippen LogP contribution in [-0.2, 0) is 17.9 Å². The van der Waals surface area contributed by atoms with Gasteiger partial charge in [0, 0.05) is 33.5 Å². The number of rotatable bonds is 7. The fraction of sp³-hybridized carbons (Fsp3) is 0.467. The molecule has 6 heteroatoms. The van der Waals surface area contributed by atoms with Gasteiger partial charge in [-0.15, -0.1) is 0 Å². The Bertz CT molecular complexity index is 580. The van der Waals surface area contributed by atoms with Crippen LogP contribution >= 0.6 is 15.9 Å². The Kier molecular flexibility index (Phi) is 5.72. The van der Waals surface area contributed by atoms with E-state index in [9.17, 15) is 0 Å². The molecule has 0 fully saturated rings. The topological polar surface area (TPSA) is 39.9 Å². The molecular weight excluding hydrogens is 346 g/mol. The molecule has 21 heavy (non-hydrogen) atoms. The third-order valence-electron chi connectivity index (χ3n) is 3.12. The minimum absolute atomic E-state index is 0.526. The molecular formula is C15H22BrN3OSi. The zero-order chi connectivity index (χ0) is 15.3. The Labute approximate surface area is 135 Å². The van der Waals surface area contributed by atoms with Gasteiger partial charge < -0.3 is 4.74 Å². The number of ether oxygens (including phenoxy) is 1. The molecule has 4 nitrogen and oxygen atoms in total. The molecule has 0 N–H and O–H groups in total. The van der Waals surface area contributed by atoms with Gasteiger partial charge in [-0.3, -0.25) is 0 Å². The molecule has 0 bridgehead atoms. The quantitative estimate of drug-likeness (QED) is 0.422. The minimum Gasteiger partial charge on any atom is -0.360 e. The van der Waals surface area contributed by atoms with E-state index in [1.165, 1.54) is 6.04 Å². The highest BCUT2D eigenvalue weighted by molar-refractivity contribution is 9.10. The van der Waals surface area contributed by atoms with Crippen molar-refractivity contribution in [2.24, 2.45) is 0 Å². The highest BCUT2D eigenvalue weighted by Crippen LogP contribution is 2.16. The summed E-state index contributed by atoms with van der Waals surface area (Å²) >= 11 is 3.46. The van der Waals surface area contributed by atoms with E-state index >= 15 is 0 Å². The van der Waals surface area contributed by atoms with Gasteiger partial charge in [-0.1, -0.05) is 25.7 Å². The average molecular weight is 368 g/mol. The molecule has 0 aliphatic heterocycles. The molecule has 0 aromatic carbocycles. The second-order valence-corrected chi connectivity index (χ2v) is 12.7. The van der Waals surface area contributed by atoms with Crippen molar-refractivity contribution in [3.05, 3.63) is 46.5 Å². The Hall–Kier alpha value is -0.983. The summed E-state index contributed by atoms with van der Waals surface area (Å²) in [4.78, 5) is 4.23. The van der Waals surface area contributed by atoms with E-state index in [1.54, 1.807) is 6.20 Å². The first-order valence-corrected chi connectivity index (χ1v) is 11.6. The van der Waals surface area contributed by atoms with E-state index in [0.29, 0.717) is 6.73 Å². The summed E-state index contributed by atoms with van der Waals surface area (Å²) in [5.41, 5.74) is 2.17. The maximum absolute atomic E-state index is 5.70. The van der Waals surface area contributed by atoms with Crippen molar-refractivity contribution in [1.29, 1.82) is 0 Å². The number of nitrogens with zero attached hydrogens (tertiary/aromatic N) is 3. The second-order valence-electron chi connectivity index (χ2n) is 6.32. The zero-order valence-corrected chi connectivity index (χ0v) is 15.4. The fourth-order valence-corrected chi connectivity index (χ4v) is 3.00. The van der Waals surface area contributed by atoms with Crippen molar-refractivity contribution in [2.45, 2.75) is 38.8 Å². The fourth-order valence-electron chi connectivity index (χ4n) is 1.85. The first-order chi connectivity index (χ1) is 9.94. The summed E-state index contributed by atoms with van der Waals surface area (Å²) in [6, 6.07) is 7.21. The van der Waals surface area contributed by atoms with E-state index in [-0.39, 0.29) is 0 Å². The van der Waals surface area contributed by atoms with Crippen LogP contribution in [0.4, 0.5) is 0 Å². The van der Waals surface area contributed by atoms with Crippen LogP contribution in [0.2, 0.25) is 25.7 Å². The Morgan fingerprint density at radius 2 is 2.10 bits per heavy atom. The van der Waals surface area contributed by atoms with Gasteiger partial charge in [0.2, 0.25) is 0 Å². The summed E-state index contributed by atoms with van der Waals surface area (Å²) in [6.45, 7) is 8.41. The number of pyridine rings is 1. The average Bonchev–Trinajstić information content (AvgIpc) is 2.84. The van der Waals surface area contributed by atoms with Crippen LogP contribution in [0.5, 0.6) is 0 Å². The molecule has 2 rings (SSSR count). The molecule has 0 atom stereocenters. The molecule has 0 aliphatic carbocycles. The zero-order valence-electron chi connectivity index (χ0n) is 12.8. The van der Waals surface area contributed by atoms with Crippen LogP contribution < -0.4 is 0 Å². The van der Waals surface area contributed by atoms with Crippen molar-refractivity contribution >= 4 is 24.0 Å². The summed E-state index contributed by atoms with van der Waals surface area (Å²) in [5.74, 6) is 0. The summed E-state index contributed by atoms with van der Waals surface area (Å²) < 4.78 is 8.43. The highest BCUT2D eigenvalue weighted by atomic mass is 79.9. The Morgan fingerprint density at radius 3 is 2.81 bits per heavy atom. The van der Waals surface area contributed by atoms with Crippen molar-refractivity contribution < 1.29 is 4.74 Å². The maximum Gasteiger partial charge on any atom is 0.139 e. The highest BCUT2D eigenvalue weighted by Gasteiger charge is 2.12. The minimum atomic E-state index is -1.01. The molecule has 0 saturated carbocycles. The number of aromatic nitrogens is 3. The molecule has 0 radical (unpaired) electrons. The van der Waals surface area contributed by atoms with Gasteiger partial charge in [-0.2, -0.15) is 5.10 Å². The van der Waals surface area contributed by atoms with Crippen molar-refractivity contribution in [3.63, 3.8) is 0 Å². The summed E-state index contributed by atoms with van der Waals surface area (Å²) in [7, 11) is -1.01. The maximum atomic E-state index is 5.70. The summed E-state index contributed by atoms with van der Waals surface area (Å²) in [6.07, 6.45) is 4.52. The lowest BCUT2D eigenvalue weighted by atomic mass is 10.2. The SMILES string of the molecule is C[Si](C)(C)CCOCn1ccc(Cc2cccnc2Br)n1. The van der Waals surface area contributed by atoms with Gasteiger partial charge >= 0.3 is 0 Å². The van der Waals surface area contributed by atoms with Gasteiger partial charge in [-0.25, -0.2) is 9.67 Å². The Morgan fingerprint density at radius 1 is 1.29 bits per heavy atom. The van der Waals surface area contributed by atoms with Crippen molar-refractivity contribution in [3.8, 4) is 0 Å². The van der Waals surface area contributed by atoms with Crippen molar-refractivity contribution in [2.75, 3.05) is 6.61 Å². The van der Waals surface area contributed by atoms with Crippen LogP contribution in [-0.4, -0.2) is 29.4 Å². The molecule has 0 spiro atoms. The van der Waals surface area contributed by atoms with E-state index < -0.39 is 8.07 Å². The van der Waals surface area contributed by atoms with Crippen LogP contribution in [0.1, 0.15) is 11.3 Å². The predicted octanol–water partition coefficient (Wildman–Crippen LogP) is 3.94. The van der Waals surface area contributed by atoms with E-state index in [4.69, 9.17) is 4.74 Å². The van der Waals surface area contributed by atoms with Gasteiger partial charge in [-0.05, 0) is 39.7 Å². The van der Waals surface area contributed by atoms with Crippen LogP contribution in [0.15, 0.2) is 35.2 Å². The van der Waals surface area contributed by atoms with Crippen LogP contribution in [0.25, 0.3) is 0 Å². The number of hydrogen-bond donors (Lipinski definition) is 0. The third kappa shape index (κ3) is 5.72. The van der Waals surface area contributed by atoms with Crippen molar-refractivity contribution in [1.82, 2.24) is 14.8 Å². The first-order valence-electron chi connectivity index (χ1n) is 7.13. The molecule has 114 valence electrons. The van der Waals surface area contributed by atoms with E-state index in [2.05, 4.69) is 51.7 Å². The monoisotopic (exact) mass is 367 g/mol. The van der Waals surface area contributed by atoms with Gasteiger partial charge in [0.1, 0.15) is 11.3 Å². The lowest BCUT2D eigenvalue weighted by molar-refractivity contribution is 0.0783. The molecule has 0 amide bonds. The van der Waals surface area contributed by atoms with E-state index in [0.717, 1.165) is 28.9 Å². The van der Waals surface area contributed by atoms with Gasteiger partial charge in [0.25, 0.3) is 0 Å². The number of hydrogen-bond acceptors (Lipinski definition) is 3. The van der Waals surface area contributed by atoms with E-state index in [1.807, 2.05) is 23.0 Å². The molecule has 2 aromatic heterocycles. The van der Waals surface area contributed by atoms with Crippen LogP contribution in [0.3, 0.4) is 0 Å². The van der Waals surface area contributed by atoms with Gasteiger partial charge in [0.05, 0.1) is 5.69 Å². The second kappa shape index (κ2) is 7.33. The van der Waals surface area contributed by atoms with Crippen LogP contribution in [0, 0.1) is 0 Å². The summed E-state index contributed by atoms with van der Waals surface area (Å²) in [5, 5.41) is 4.54. The smallest absolute Gasteiger partial charge is 0.139 e. The molecule has 0 saturated heterocycles. The van der Waals surface area contributed by atoms with Gasteiger partial charge in [0.15, 0.2) is 0 Å². The number of halogens is 1.